The van der Waals surface area contributed by atoms with Gasteiger partial charge >= 0.3 is 17.8 Å². The molecule has 1 aliphatic rings. The van der Waals surface area contributed by atoms with Crippen molar-refractivity contribution >= 4 is 5.97 Å². The lowest BCUT2D eigenvalue weighted by Crippen LogP contribution is -2.05. The minimum absolute atomic E-state index is 2.16. The SMILES string of the molecule is O=C(O)C1C(F)(F)C1(F)F. The first-order valence-corrected chi connectivity index (χ1v) is 2.30. The van der Waals surface area contributed by atoms with E-state index < -0.39 is 23.7 Å². The van der Waals surface area contributed by atoms with Crippen LogP contribution in [-0.4, -0.2) is 22.9 Å². The van der Waals surface area contributed by atoms with Gasteiger partial charge in [-0.3, -0.25) is 4.79 Å². The van der Waals surface area contributed by atoms with E-state index in [1.807, 2.05) is 0 Å². The van der Waals surface area contributed by atoms with Gasteiger partial charge in [-0.1, -0.05) is 0 Å². The van der Waals surface area contributed by atoms with E-state index in [-0.39, 0.29) is 0 Å². The number of aliphatic carboxylic acids is 1. The second-order valence-corrected chi connectivity index (χ2v) is 2.02. The molecule has 0 heterocycles. The molecule has 0 bridgehead atoms. The Labute approximate surface area is 52.4 Å². The van der Waals surface area contributed by atoms with Gasteiger partial charge in [-0.2, -0.15) is 17.6 Å². The Balaban J connectivity index is 2.81. The van der Waals surface area contributed by atoms with Crippen molar-refractivity contribution < 1.29 is 27.5 Å². The number of rotatable bonds is 1. The van der Waals surface area contributed by atoms with Crippen LogP contribution in [0, 0.1) is 5.92 Å². The number of carbonyl (C=O) groups is 1. The maximum absolute atomic E-state index is 11.7. The van der Waals surface area contributed by atoms with E-state index in [1.54, 1.807) is 0 Å². The van der Waals surface area contributed by atoms with Gasteiger partial charge in [-0.15, -0.1) is 0 Å². The Morgan fingerprint density at radius 1 is 1.20 bits per heavy atom. The molecule has 6 heteroatoms. The Kier molecular flexibility index (Phi) is 1.05. The molecule has 0 unspecified atom stereocenters. The summed E-state index contributed by atoms with van der Waals surface area (Å²) in [7, 11) is 0. The first-order chi connectivity index (χ1) is 4.32. The molecule has 1 aliphatic carbocycles. The first-order valence-electron chi connectivity index (χ1n) is 2.30. The van der Waals surface area contributed by atoms with Crippen molar-refractivity contribution in [3.8, 4) is 0 Å². The Bertz CT molecular complexity index is 174. The lowest BCUT2D eigenvalue weighted by Gasteiger charge is -1.87. The maximum atomic E-state index is 11.7. The number of hydrogen-bond donors (Lipinski definition) is 1. The van der Waals surface area contributed by atoms with E-state index in [1.165, 1.54) is 0 Å². The van der Waals surface area contributed by atoms with Gasteiger partial charge in [0.2, 0.25) is 0 Å². The van der Waals surface area contributed by atoms with Gasteiger partial charge in [0.1, 0.15) is 0 Å². The fourth-order valence-electron chi connectivity index (χ4n) is 0.653. The summed E-state index contributed by atoms with van der Waals surface area (Å²) in [5.74, 6) is -13.7. The van der Waals surface area contributed by atoms with Crippen molar-refractivity contribution in [3.63, 3.8) is 0 Å². The Morgan fingerprint density at radius 3 is 1.50 bits per heavy atom. The van der Waals surface area contributed by atoms with Crippen molar-refractivity contribution in [1.29, 1.82) is 0 Å². The molecule has 10 heavy (non-hydrogen) atoms. The summed E-state index contributed by atoms with van der Waals surface area (Å²) >= 11 is 0. The van der Waals surface area contributed by atoms with Crippen LogP contribution in [0.5, 0.6) is 0 Å². The summed E-state index contributed by atoms with van der Waals surface area (Å²) in [6.45, 7) is 0. The van der Waals surface area contributed by atoms with E-state index in [4.69, 9.17) is 5.11 Å². The Morgan fingerprint density at radius 2 is 1.50 bits per heavy atom. The van der Waals surface area contributed by atoms with E-state index in [0.717, 1.165) is 0 Å². The zero-order valence-electron chi connectivity index (χ0n) is 4.44. The second kappa shape index (κ2) is 1.43. The van der Waals surface area contributed by atoms with Gasteiger partial charge in [0.05, 0.1) is 0 Å². The van der Waals surface area contributed by atoms with Crippen LogP contribution in [0.15, 0.2) is 0 Å². The molecule has 0 aliphatic heterocycles. The maximum Gasteiger partial charge on any atom is 0.330 e. The van der Waals surface area contributed by atoms with Crippen LogP contribution in [0.4, 0.5) is 17.6 Å². The summed E-state index contributed by atoms with van der Waals surface area (Å²) in [6, 6.07) is 0. The summed E-state index contributed by atoms with van der Waals surface area (Å²) < 4.78 is 46.8. The summed E-state index contributed by atoms with van der Waals surface area (Å²) in [6.07, 6.45) is 0. The second-order valence-electron chi connectivity index (χ2n) is 2.02. The molecular weight excluding hydrogens is 156 g/mol. The normalized spacial score (nSPS) is 28.0. The monoisotopic (exact) mass is 158 g/mol. The highest BCUT2D eigenvalue weighted by Gasteiger charge is 2.89. The minimum Gasteiger partial charge on any atom is -0.481 e. The highest BCUT2D eigenvalue weighted by atomic mass is 19.3. The molecule has 0 amide bonds. The molecule has 0 atom stereocenters. The van der Waals surface area contributed by atoms with Crippen LogP contribution in [-0.2, 0) is 4.79 Å². The lowest BCUT2D eigenvalue weighted by molar-refractivity contribution is -0.141. The molecule has 1 N–H and O–H groups in total. The van der Waals surface area contributed by atoms with Gasteiger partial charge in [0.25, 0.3) is 0 Å². The third-order valence-corrected chi connectivity index (χ3v) is 1.33. The predicted octanol–water partition coefficient (Wildman–Crippen LogP) is 0.971. The van der Waals surface area contributed by atoms with Crippen LogP contribution in [0.3, 0.4) is 0 Å². The van der Waals surface area contributed by atoms with Crippen molar-refractivity contribution in [2.45, 2.75) is 11.8 Å². The smallest absolute Gasteiger partial charge is 0.330 e. The fourth-order valence-corrected chi connectivity index (χ4v) is 0.653. The van der Waals surface area contributed by atoms with Crippen molar-refractivity contribution in [3.05, 3.63) is 0 Å². The van der Waals surface area contributed by atoms with Gasteiger partial charge in [-0.05, 0) is 0 Å². The lowest BCUT2D eigenvalue weighted by atomic mass is 10.4. The fraction of sp³-hybridized carbons (Fsp3) is 0.750. The molecule has 0 aromatic rings. The van der Waals surface area contributed by atoms with Crippen LogP contribution in [0.1, 0.15) is 0 Å². The average Bonchev–Trinajstić information content (AvgIpc) is 1.97. The molecule has 0 spiro atoms. The molecule has 0 radical (unpaired) electrons. The molecule has 58 valence electrons. The van der Waals surface area contributed by atoms with Crippen LogP contribution < -0.4 is 0 Å². The Hall–Kier alpha value is -0.810. The average molecular weight is 158 g/mol. The molecule has 0 aromatic heterocycles. The zero-order valence-corrected chi connectivity index (χ0v) is 4.44. The third kappa shape index (κ3) is 0.559. The molecule has 1 fully saturated rings. The molecule has 1 rings (SSSR count). The van der Waals surface area contributed by atoms with Gasteiger partial charge < -0.3 is 5.11 Å². The van der Waals surface area contributed by atoms with Crippen molar-refractivity contribution in [1.82, 2.24) is 0 Å². The highest BCUT2D eigenvalue weighted by molar-refractivity contribution is 5.77. The molecular formula is C4H2F4O2. The largest absolute Gasteiger partial charge is 0.481 e. The predicted molar refractivity (Wildman–Crippen MR) is 21.0 cm³/mol. The van der Waals surface area contributed by atoms with Gasteiger partial charge in [0.15, 0.2) is 5.92 Å². The number of halogens is 4. The molecule has 0 aromatic carbocycles. The van der Waals surface area contributed by atoms with Gasteiger partial charge in [0, 0.05) is 0 Å². The highest BCUT2D eigenvalue weighted by Crippen LogP contribution is 2.62. The van der Waals surface area contributed by atoms with E-state index in [9.17, 15) is 22.4 Å². The van der Waals surface area contributed by atoms with E-state index in [0.29, 0.717) is 0 Å². The first kappa shape index (κ1) is 7.30. The molecule has 0 saturated heterocycles. The van der Waals surface area contributed by atoms with Crippen LogP contribution >= 0.6 is 0 Å². The number of hydrogen-bond acceptors (Lipinski definition) is 1. The number of alkyl halides is 4. The number of carboxylic acid groups (broad SMARTS) is 1. The van der Waals surface area contributed by atoms with Gasteiger partial charge in [-0.25, -0.2) is 0 Å². The van der Waals surface area contributed by atoms with Crippen molar-refractivity contribution in [2.24, 2.45) is 5.92 Å². The summed E-state index contributed by atoms with van der Waals surface area (Å²) in [5, 5.41) is 7.76. The van der Waals surface area contributed by atoms with E-state index in [2.05, 4.69) is 0 Å². The molecule has 2 nitrogen and oxygen atoms in total. The van der Waals surface area contributed by atoms with Crippen molar-refractivity contribution in [2.75, 3.05) is 0 Å². The number of carboxylic acids is 1. The topological polar surface area (TPSA) is 37.3 Å². The minimum atomic E-state index is -4.35. The van der Waals surface area contributed by atoms with E-state index >= 15 is 0 Å². The van der Waals surface area contributed by atoms with Crippen LogP contribution in [0.25, 0.3) is 0 Å². The zero-order chi connectivity index (χ0) is 8.15. The molecule has 1 saturated carbocycles. The van der Waals surface area contributed by atoms with Crippen LogP contribution in [0.2, 0.25) is 0 Å². The third-order valence-electron chi connectivity index (χ3n) is 1.33. The quantitative estimate of drug-likeness (QED) is 0.577. The summed E-state index contributed by atoms with van der Waals surface area (Å²) in [5.41, 5.74) is 0. The standard InChI is InChI=1S/C4H2F4O2/c5-3(6)1(2(9)10)4(3,7)8/h1H,(H,9,10). The summed E-state index contributed by atoms with van der Waals surface area (Å²) in [4.78, 5) is 9.63.